The fraction of sp³-hybridized carbons (Fsp3) is 0.278. The van der Waals surface area contributed by atoms with Gasteiger partial charge in [-0.2, -0.15) is 0 Å². The average Bonchev–Trinajstić information content (AvgIpc) is 2.64. The third-order valence-electron chi connectivity index (χ3n) is 3.64. The van der Waals surface area contributed by atoms with Crippen LogP contribution in [0.5, 0.6) is 5.75 Å². The summed E-state index contributed by atoms with van der Waals surface area (Å²) in [5, 5.41) is 2.70. The molecule has 0 heterocycles. The maximum Gasteiger partial charge on any atom is 0.264 e. The number of nitrogens with one attached hydrogen (secondary N) is 1. The number of hydroxylamine groups is 1. The molecule has 0 aliphatic carbocycles. The third kappa shape index (κ3) is 5.04. The van der Waals surface area contributed by atoms with E-state index in [2.05, 4.69) is 5.32 Å². The van der Waals surface area contributed by atoms with E-state index in [0.717, 1.165) is 15.8 Å². The summed E-state index contributed by atoms with van der Waals surface area (Å²) in [5.41, 5.74) is 1.33. The van der Waals surface area contributed by atoms with Crippen LogP contribution in [0.4, 0.5) is 0 Å². The molecule has 8 heteroatoms. The number of sulfonamides is 1. The predicted octanol–water partition coefficient (Wildman–Crippen LogP) is 1.99. The zero-order valence-corrected chi connectivity index (χ0v) is 15.7. The largest absolute Gasteiger partial charge is 0.492 e. The first-order chi connectivity index (χ1) is 12.3. The smallest absolute Gasteiger partial charge is 0.264 e. The van der Waals surface area contributed by atoms with Gasteiger partial charge < -0.3 is 10.1 Å². The SMILES string of the molecule is CON(C)S(=O)(=O)c1cccc(C(=O)NCCOc2cccc(C)c2)c1. The normalized spacial score (nSPS) is 11.4. The van der Waals surface area contributed by atoms with Crippen molar-refractivity contribution < 1.29 is 22.8 Å². The van der Waals surface area contributed by atoms with Gasteiger partial charge in [0.1, 0.15) is 12.4 Å². The highest BCUT2D eigenvalue weighted by Crippen LogP contribution is 2.16. The Morgan fingerprint density at radius 3 is 2.58 bits per heavy atom. The topological polar surface area (TPSA) is 84.9 Å². The number of hydrogen-bond donors (Lipinski definition) is 1. The van der Waals surface area contributed by atoms with Gasteiger partial charge in [0.05, 0.1) is 18.6 Å². The summed E-state index contributed by atoms with van der Waals surface area (Å²) >= 11 is 0. The van der Waals surface area contributed by atoms with E-state index in [1.165, 1.54) is 32.4 Å². The van der Waals surface area contributed by atoms with Crippen molar-refractivity contribution in [1.29, 1.82) is 0 Å². The molecule has 2 aromatic rings. The number of aryl methyl sites for hydroxylation is 1. The molecule has 2 rings (SSSR count). The minimum absolute atomic E-state index is 0.0227. The summed E-state index contributed by atoms with van der Waals surface area (Å²) in [6.45, 7) is 2.57. The van der Waals surface area contributed by atoms with Crippen molar-refractivity contribution in [2.45, 2.75) is 11.8 Å². The molecule has 0 unspecified atom stereocenters. The fourth-order valence-electron chi connectivity index (χ4n) is 2.18. The second-order valence-electron chi connectivity index (χ2n) is 5.55. The number of ether oxygens (including phenoxy) is 1. The lowest BCUT2D eigenvalue weighted by Crippen LogP contribution is -2.29. The van der Waals surface area contributed by atoms with Gasteiger partial charge in [0.2, 0.25) is 0 Å². The number of benzene rings is 2. The summed E-state index contributed by atoms with van der Waals surface area (Å²) in [5.74, 6) is 0.352. The van der Waals surface area contributed by atoms with E-state index in [9.17, 15) is 13.2 Å². The van der Waals surface area contributed by atoms with Crippen LogP contribution in [-0.4, -0.2) is 46.1 Å². The van der Waals surface area contributed by atoms with E-state index >= 15 is 0 Å². The van der Waals surface area contributed by atoms with Crippen molar-refractivity contribution in [3.8, 4) is 5.75 Å². The quantitative estimate of drug-likeness (QED) is 0.561. The molecule has 0 radical (unpaired) electrons. The minimum Gasteiger partial charge on any atom is -0.492 e. The lowest BCUT2D eigenvalue weighted by Gasteiger charge is -2.14. The van der Waals surface area contributed by atoms with Crippen LogP contribution in [0.2, 0.25) is 0 Å². The van der Waals surface area contributed by atoms with E-state index in [-0.39, 0.29) is 16.4 Å². The van der Waals surface area contributed by atoms with Crippen molar-refractivity contribution >= 4 is 15.9 Å². The van der Waals surface area contributed by atoms with Crippen LogP contribution in [0.3, 0.4) is 0 Å². The van der Waals surface area contributed by atoms with Crippen LogP contribution in [0, 0.1) is 6.92 Å². The standard InChI is InChI=1S/C18H22N2O5S/c1-14-6-4-8-16(12-14)25-11-10-19-18(21)15-7-5-9-17(13-15)26(22,23)20(2)24-3/h4-9,12-13H,10-11H2,1-3H3,(H,19,21). The molecule has 0 aromatic heterocycles. The Labute approximate surface area is 153 Å². The Morgan fingerprint density at radius 1 is 1.15 bits per heavy atom. The van der Waals surface area contributed by atoms with Gasteiger partial charge in [-0.15, -0.1) is 0 Å². The van der Waals surface area contributed by atoms with Crippen molar-refractivity contribution in [1.82, 2.24) is 9.79 Å². The van der Waals surface area contributed by atoms with E-state index < -0.39 is 10.0 Å². The second-order valence-corrected chi connectivity index (χ2v) is 7.48. The van der Waals surface area contributed by atoms with Gasteiger partial charge in [-0.1, -0.05) is 22.7 Å². The molecule has 1 N–H and O–H groups in total. The molecule has 0 bridgehead atoms. The summed E-state index contributed by atoms with van der Waals surface area (Å²) < 4.78 is 30.8. The Morgan fingerprint density at radius 2 is 1.88 bits per heavy atom. The monoisotopic (exact) mass is 378 g/mol. The zero-order valence-electron chi connectivity index (χ0n) is 14.9. The molecule has 140 valence electrons. The summed E-state index contributed by atoms with van der Waals surface area (Å²) in [6.07, 6.45) is 0. The molecular weight excluding hydrogens is 356 g/mol. The lowest BCUT2D eigenvalue weighted by atomic mass is 10.2. The van der Waals surface area contributed by atoms with Crippen LogP contribution in [0.1, 0.15) is 15.9 Å². The maximum atomic E-state index is 12.2. The van der Waals surface area contributed by atoms with E-state index in [4.69, 9.17) is 9.57 Å². The van der Waals surface area contributed by atoms with Crippen molar-refractivity contribution in [2.24, 2.45) is 0 Å². The van der Waals surface area contributed by atoms with Gasteiger partial charge in [0.15, 0.2) is 0 Å². The molecule has 26 heavy (non-hydrogen) atoms. The van der Waals surface area contributed by atoms with Gasteiger partial charge in [0, 0.05) is 12.6 Å². The number of amides is 1. The summed E-state index contributed by atoms with van der Waals surface area (Å²) in [7, 11) is -1.27. The molecule has 2 aromatic carbocycles. The Kier molecular flexibility index (Phi) is 6.73. The minimum atomic E-state index is -3.80. The van der Waals surface area contributed by atoms with Crippen LogP contribution in [0.15, 0.2) is 53.4 Å². The number of carbonyl (C=O) groups is 1. The first kappa shape index (κ1) is 19.9. The Balaban J connectivity index is 1.94. The van der Waals surface area contributed by atoms with E-state index in [1.807, 2.05) is 31.2 Å². The van der Waals surface area contributed by atoms with Crippen LogP contribution >= 0.6 is 0 Å². The van der Waals surface area contributed by atoms with Crippen LogP contribution in [-0.2, 0) is 14.9 Å². The zero-order chi connectivity index (χ0) is 19.2. The number of rotatable bonds is 8. The maximum absolute atomic E-state index is 12.2. The van der Waals surface area contributed by atoms with Gasteiger partial charge in [0.25, 0.3) is 15.9 Å². The molecule has 0 aliphatic rings. The molecule has 0 saturated heterocycles. The highest BCUT2D eigenvalue weighted by atomic mass is 32.2. The second kappa shape index (κ2) is 8.79. The highest BCUT2D eigenvalue weighted by Gasteiger charge is 2.21. The van der Waals surface area contributed by atoms with E-state index in [0.29, 0.717) is 13.2 Å². The Hall–Kier alpha value is -2.42. The fourth-order valence-corrected chi connectivity index (χ4v) is 3.20. The van der Waals surface area contributed by atoms with Gasteiger partial charge >= 0.3 is 0 Å². The van der Waals surface area contributed by atoms with Gasteiger partial charge in [-0.05, 0) is 42.8 Å². The molecule has 0 atom stereocenters. The number of nitrogens with zero attached hydrogens (tertiary/aromatic N) is 1. The molecule has 0 saturated carbocycles. The molecule has 7 nitrogen and oxygen atoms in total. The number of carbonyl (C=O) groups excluding carboxylic acids is 1. The lowest BCUT2D eigenvalue weighted by molar-refractivity contribution is -0.0258. The van der Waals surface area contributed by atoms with E-state index in [1.54, 1.807) is 6.07 Å². The summed E-state index contributed by atoms with van der Waals surface area (Å²) in [6, 6.07) is 13.4. The van der Waals surface area contributed by atoms with Gasteiger partial charge in [-0.25, -0.2) is 8.42 Å². The predicted molar refractivity (Wildman–Crippen MR) is 97.4 cm³/mol. The van der Waals surface area contributed by atoms with Gasteiger partial charge in [-0.3, -0.25) is 9.63 Å². The van der Waals surface area contributed by atoms with Crippen molar-refractivity contribution in [2.75, 3.05) is 27.3 Å². The highest BCUT2D eigenvalue weighted by molar-refractivity contribution is 7.89. The third-order valence-corrected chi connectivity index (χ3v) is 5.31. The first-order valence-electron chi connectivity index (χ1n) is 7.95. The Bertz CT molecular complexity index is 867. The molecular formula is C18H22N2O5S. The molecule has 0 aliphatic heterocycles. The van der Waals surface area contributed by atoms with Crippen LogP contribution in [0.25, 0.3) is 0 Å². The average molecular weight is 378 g/mol. The number of hydrogen-bond acceptors (Lipinski definition) is 5. The van der Waals surface area contributed by atoms with Crippen molar-refractivity contribution in [3.05, 3.63) is 59.7 Å². The summed E-state index contributed by atoms with van der Waals surface area (Å²) in [4.78, 5) is 16.9. The first-order valence-corrected chi connectivity index (χ1v) is 9.39. The van der Waals surface area contributed by atoms with Crippen molar-refractivity contribution in [3.63, 3.8) is 0 Å². The molecule has 1 amide bonds. The molecule has 0 spiro atoms. The van der Waals surface area contributed by atoms with Crippen LogP contribution < -0.4 is 10.1 Å². The molecule has 0 fully saturated rings.